The topological polar surface area (TPSA) is 12.9 Å². The molecule has 1 saturated carbocycles. The van der Waals surface area contributed by atoms with Gasteiger partial charge in [-0.2, -0.15) is 0 Å². The Labute approximate surface area is 91.2 Å². The van der Waals surface area contributed by atoms with Crippen molar-refractivity contribution in [2.24, 2.45) is 0 Å². The van der Waals surface area contributed by atoms with Crippen LogP contribution in [0.3, 0.4) is 0 Å². The second kappa shape index (κ2) is 3.19. The Morgan fingerprint density at radius 2 is 2.13 bits per heavy atom. The summed E-state index contributed by atoms with van der Waals surface area (Å²) in [5, 5.41) is 0. The van der Waals surface area contributed by atoms with Crippen molar-refractivity contribution in [3.8, 4) is 0 Å². The minimum Gasteiger partial charge on any atom is -0.256 e. The van der Waals surface area contributed by atoms with Crippen molar-refractivity contribution in [1.82, 2.24) is 4.98 Å². The van der Waals surface area contributed by atoms with E-state index in [4.69, 9.17) is 0 Å². The molecule has 0 radical (unpaired) electrons. The van der Waals surface area contributed by atoms with Crippen LogP contribution in [0.15, 0.2) is 18.8 Å². The third kappa shape index (κ3) is 1.26. The zero-order valence-electron chi connectivity index (χ0n) is 9.29. The number of rotatable bonds is 2. The van der Waals surface area contributed by atoms with Gasteiger partial charge in [0.1, 0.15) is 0 Å². The fourth-order valence-electron chi connectivity index (χ4n) is 3.10. The quantitative estimate of drug-likeness (QED) is 0.704. The summed E-state index contributed by atoms with van der Waals surface area (Å²) < 4.78 is 0. The van der Waals surface area contributed by atoms with Crippen LogP contribution < -0.4 is 0 Å². The van der Waals surface area contributed by atoms with Crippen molar-refractivity contribution in [3.63, 3.8) is 0 Å². The summed E-state index contributed by atoms with van der Waals surface area (Å²) in [6, 6.07) is 2.30. The maximum absolute atomic E-state index is 4.54. The molecule has 1 nitrogen and oxygen atoms in total. The fraction of sp³-hybridized carbons (Fsp3) is 0.500. The van der Waals surface area contributed by atoms with E-state index >= 15 is 0 Å². The molecule has 2 bridgehead atoms. The van der Waals surface area contributed by atoms with E-state index < -0.39 is 0 Å². The number of pyridine rings is 1. The van der Waals surface area contributed by atoms with Crippen molar-refractivity contribution >= 4 is 5.57 Å². The van der Waals surface area contributed by atoms with Crippen LogP contribution in [-0.2, 0) is 0 Å². The molecule has 78 valence electrons. The molecule has 0 saturated heterocycles. The van der Waals surface area contributed by atoms with E-state index in [9.17, 15) is 0 Å². The largest absolute Gasteiger partial charge is 0.256 e. The smallest absolute Gasteiger partial charge is 0.0658 e. The van der Waals surface area contributed by atoms with Gasteiger partial charge in [-0.3, -0.25) is 4.98 Å². The van der Waals surface area contributed by atoms with Crippen LogP contribution in [0.1, 0.15) is 61.3 Å². The summed E-state index contributed by atoms with van der Waals surface area (Å²) in [5.41, 5.74) is 5.38. The molecule has 3 rings (SSSR count). The maximum atomic E-state index is 4.54. The first-order chi connectivity index (χ1) is 7.29. The van der Waals surface area contributed by atoms with Gasteiger partial charge < -0.3 is 0 Å². The van der Waals surface area contributed by atoms with E-state index in [0.717, 1.165) is 24.0 Å². The van der Waals surface area contributed by atoms with E-state index in [1.165, 1.54) is 30.4 Å². The number of fused-ring (bicyclic) bond motifs is 5. The minimum atomic E-state index is 0.821. The molecule has 0 N–H and O–H groups in total. The molecule has 0 aromatic carbocycles. The van der Waals surface area contributed by atoms with Gasteiger partial charge >= 0.3 is 0 Å². The Balaban J connectivity index is 2.04. The molecule has 1 aromatic rings. The van der Waals surface area contributed by atoms with E-state index in [1.807, 2.05) is 0 Å². The molecule has 2 aliphatic carbocycles. The lowest BCUT2D eigenvalue weighted by molar-refractivity contribution is 0.713. The Morgan fingerprint density at radius 1 is 1.40 bits per heavy atom. The number of hydrogen-bond donors (Lipinski definition) is 0. The highest BCUT2D eigenvalue weighted by Gasteiger charge is 2.37. The molecule has 1 aromatic heterocycles. The predicted octanol–water partition coefficient (Wildman–Crippen LogP) is 3.87. The van der Waals surface area contributed by atoms with Gasteiger partial charge in [0.15, 0.2) is 0 Å². The Hall–Kier alpha value is -1.11. The average Bonchev–Trinajstić information content (AvgIpc) is 2.88. The molecule has 0 spiro atoms. The molecule has 0 aliphatic heterocycles. The van der Waals surface area contributed by atoms with Crippen molar-refractivity contribution < 1.29 is 0 Å². The van der Waals surface area contributed by atoms with Gasteiger partial charge in [-0.1, -0.05) is 13.5 Å². The third-order valence-corrected chi connectivity index (χ3v) is 4.07. The first-order valence-electron chi connectivity index (χ1n) is 5.97. The lowest BCUT2D eigenvalue weighted by atomic mass is 9.92. The van der Waals surface area contributed by atoms with Gasteiger partial charge in [0.05, 0.1) is 5.69 Å². The maximum Gasteiger partial charge on any atom is 0.0658 e. The molecule has 1 fully saturated rings. The molecule has 1 heterocycles. The normalized spacial score (nSPS) is 26.7. The minimum absolute atomic E-state index is 0.821. The van der Waals surface area contributed by atoms with Gasteiger partial charge in [-0.25, -0.2) is 0 Å². The first kappa shape index (κ1) is 9.14. The van der Waals surface area contributed by atoms with Crippen LogP contribution in [0, 0.1) is 0 Å². The van der Waals surface area contributed by atoms with Crippen LogP contribution in [0.4, 0.5) is 0 Å². The monoisotopic (exact) mass is 199 g/mol. The second-order valence-corrected chi connectivity index (χ2v) is 4.86. The van der Waals surface area contributed by atoms with E-state index in [-0.39, 0.29) is 0 Å². The first-order valence-corrected chi connectivity index (χ1v) is 5.97. The number of hydrogen-bond acceptors (Lipinski definition) is 1. The predicted molar refractivity (Wildman–Crippen MR) is 62.9 cm³/mol. The Bertz CT molecular complexity index is 419. The van der Waals surface area contributed by atoms with Crippen molar-refractivity contribution in [1.29, 1.82) is 0 Å². The zero-order chi connectivity index (χ0) is 10.4. The van der Waals surface area contributed by atoms with Gasteiger partial charge in [-0.05, 0) is 60.3 Å². The second-order valence-electron chi connectivity index (χ2n) is 4.86. The molecule has 0 amide bonds. The third-order valence-electron chi connectivity index (χ3n) is 4.07. The van der Waals surface area contributed by atoms with Crippen LogP contribution in [0.5, 0.6) is 0 Å². The van der Waals surface area contributed by atoms with Crippen molar-refractivity contribution in [2.45, 2.75) is 44.4 Å². The van der Waals surface area contributed by atoms with E-state index in [1.54, 1.807) is 5.56 Å². The average molecular weight is 199 g/mol. The summed E-state index contributed by atoms with van der Waals surface area (Å²) in [5.74, 6) is 1.65. The van der Waals surface area contributed by atoms with Crippen molar-refractivity contribution in [2.75, 3.05) is 0 Å². The zero-order valence-corrected chi connectivity index (χ0v) is 9.29. The number of nitrogens with zero attached hydrogens (tertiary/aromatic N) is 1. The molecule has 15 heavy (non-hydrogen) atoms. The molecule has 2 aliphatic rings. The number of allylic oxidation sites excluding steroid dienone is 1. The van der Waals surface area contributed by atoms with E-state index in [2.05, 4.69) is 30.7 Å². The van der Waals surface area contributed by atoms with E-state index in [0.29, 0.717) is 0 Å². The van der Waals surface area contributed by atoms with Gasteiger partial charge in [0.2, 0.25) is 0 Å². The molecular formula is C14H17N. The SMILES string of the molecule is C=C(CC)c1cc2c(cn1)C1CCC2C1. The summed E-state index contributed by atoms with van der Waals surface area (Å²) in [6.45, 7) is 6.21. The summed E-state index contributed by atoms with van der Waals surface area (Å²) in [6.07, 6.45) is 7.25. The number of aromatic nitrogens is 1. The molecule has 1 heteroatoms. The summed E-state index contributed by atoms with van der Waals surface area (Å²) in [4.78, 5) is 4.54. The fourth-order valence-corrected chi connectivity index (χ4v) is 3.10. The standard InChI is InChI=1S/C14H17N/c1-3-9(2)14-7-12-10-4-5-11(6-10)13(12)8-15-14/h7-8,10-11H,2-6H2,1H3. The Kier molecular flexibility index (Phi) is 1.95. The highest BCUT2D eigenvalue weighted by Crippen LogP contribution is 2.52. The summed E-state index contributed by atoms with van der Waals surface area (Å²) >= 11 is 0. The van der Waals surface area contributed by atoms with Crippen molar-refractivity contribution in [3.05, 3.63) is 35.7 Å². The molecule has 2 atom stereocenters. The lowest BCUT2D eigenvalue weighted by Crippen LogP contribution is -2.00. The highest BCUT2D eigenvalue weighted by atomic mass is 14.7. The highest BCUT2D eigenvalue weighted by molar-refractivity contribution is 5.61. The molecule has 2 unspecified atom stereocenters. The van der Waals surface area contributed by atoms with Crippen LogP contribution in [0.2, 0.25) is 0 Å². The van der Waals surface area contributed by atoms with Gasteiger partial charge in [0.25, 0.3) is 0 Å². The van der Waals surface area contributed by atoms with Crippen LogP contribution >= 0.6 is 0 Å². The van der Waals surface area contributed by atoms with Gasteiger partial charge in [0, 0.05) is 6.20 Å². The van der Waals surface area contributed by atoms with Crippen LogP contribution in [0.25, 0.3) is 5.57 Å². The van der Waals surface area contributed by atoms with Crippen LogP contribution in [-0.4, -0.2) is 4.98 Å². The summed E-state index contributed by atoms with van der Waals surface area (Å²) in [7, 11) is 0. The van der Waals surface area contributed by atoms with Gasteiger partial charge in [-0.15, -0.1) is 0 Å². The Morgan fingerprint density at radius 3 is 2.87 bits per heavy atom. The molecular weight excluding hydrogens is 182 g/mol. The lowest BCUT2D eigenvalue weighted by Gasteiger charge is -2.15.